The zero-order valence-electron chi connectivity index (χ0n) is 12.8. The summed E-state index contributed by atoms with van der Waals surface area (Å²) in [5, 5.41) is 9.41. The highest BCUT2D eigenvalue weighted by atomic mass is 32.2. The largest absolute Gasteiger partial charge is 0.396 e. The number of sulfonamides is 1. The minimum absolute atomic E-state index is 0.149. The molecule has 2 unspecified atom stereocenters. The first kappa shape index (κ1) is 16.5. The summed E-state index contributed by atoms with van der Waals surface area (Å²) in [5.74, 6) is 0.463. The monoisotopic (exact) mass is 311 g/mol. The first-order valence-corrected chi connectivity index (χ1v) is 9.10. The summed E-state index contributed by atoms with van der Waals surface area (Å²) in [4.78, 5) is 0.351. The van der Waals surface area contributed by atoms with Gasteiger partial charge in [-0.3, -0.25) is 0 Å². The van der Waals surface area contributed by atoms with Gasteiger partial charge in [0.25, 0.3) is 0 Å². The number of hydrogen-bond donors (Lipinski definition) is 2. The SMILES string of the molecule is Cc1ccc(S(=O)(=O)NCC2CCCCC2CO)c(C)c1. The minimum Gasteiger partial charge on any atom is -0.396 e. The topological polar surface area (TPSA) is 66.4 Å². The molecule has 2 N–H and O–H groups in total. The van der Waals surface area contributed by atoms with Crippen LogP contribution >= 0.6 is 0 Å². The molecule has 0 heterocycles. The highest BCUT2D eigenvalue weighted by Gasteiger charge is 2.26. The van der Waals surface area contributed by atoms with E-state index in [0.717, 1.165) is 36.8 Å². The maximum Gasteiger partial charge on any atom is 0.240 e. The van der Waals surface area contributed by atoms with Crippen molar-refractivity contribution in [3.05, 3.63) is 29.3 Å². The summed E-state index contributed by atoms with van der Waals surface area (Å²) in [5.41, 5.74) is 1.82. The van der Waals surface area contributed by atoms with Crippen LogP contribution in [-0.2, 0) is 10.0 Å². The quantitative estimate of drug-likeness (QED) is 0.877. The fourth-order valence-corrected chi connectivity index (χ4v) is 4.51. The van der Waals surface area contributed by atoms with Crippen LogP contribution in [0, 0.1) is 25.7 Å². The molecule has 0 spiro atoms. The second-order valence-corrected chi connectivity index (χ2v) is 7.84. The van der Waals surface area contributed by atoms with Crippen molar-refractivity contribution in [3.63, 3.8) is 0 Å². The zero-order valence-corrected chi connectivity index (χ0v) is 13.6. The maximum absolute atomic E-state index is 12.4. The molecule has 1 aliphatic carbocycles. The molecule has 1 saturated carbocycles. The second-order valence-electron chi connectivity index (χ2n) is 6.11. The Bertz CT molecular complexity index is 583. The van der Waals surface area contributed by atoms with Crippen LogP contribution in [0.25, 0.3) is 0 Å². The van der Waals surface area contributed by atoms with Gasteiger partial charge in [-0.25, -0.2) is 13.1 Å². The van der Waals surface area contributed by atoms with Crippen LogP contribution in [0.15, 0.2) is 23.1 Å². The van der Waals surface area contributed by atoms with Gasteiger partial charge in [0.05, 0.1) is 4.90 Å². The van der Waals surface area contributed by atoms with E-state index in [4.69, 9.17) is 0 Å². The average molecular weight is 311 g/mol. The van der Waals surface area contributed by atoms with E-state index in [1.807, 2.05) is 26.0 Å². The third-order valence-corrected chi connectivity index (χ3v) is 6.04. The minimum atomic E-state index is -3.47. The Morgan fingerprint density at radius 3 is 2.48 bits per heavy atom. The summed E-state index contributed by atoms with van der Waals surface area (Å²) < 4.78 is 27.6. The Balaban J connectivity index is 2.07. The fourth-order valence-electron chi connectivity index (χ4n) is 3.19. The smallest absolute Gasteiger partial charge is 0.240 e. The van der Waals surface area contributed by atoms with Crippen LogP contribution in [0.4, 0.5) is 0 Å². The van der Waals surface area contributed by atoms with Crippen LogP contribution in [-0.4, -0.2) is 26.7 Å². The van der Waals surface area contributed by atoms with E-state index in [-0.39, 0.29) is 18.4 Å². The Morgan fingerprint density at radius 1 is 1.19 bits per heavy atom. The van der Waals surface area contributed by atoms with Gasteiger partial charge >= 0.3 is 0 Å². The van der Waals surface area contributed by atoms with Crippen LogP contribution in [0.2, 0.25) is 0 Å². The number of benzene rings is 1. The number of nitrogens with one attached hydrogen (secondary N) is 1. The lowest BCUT2D eigenvalue weighted by Gasteiger charge is -2.30. The Kier molecular flexibility index (Phi) is 5.41. The van der Waals surface area contributed by atoms with Gasteiger partial charge < -0.3 is 5.11 Å². The third-order valence-electron chi connectivity index (χ3n) is 4.46. The van der Waals surface area contributed by atoms with Gasteiger partial charge in [0.1, 0.15) is 0 Å². The summed E-state index contributed by atoms with van der Waals surface area (Å²) in [7, 11) is -3.47. The molecule has 1 aliphatic rings. The van der Waals surface area contributed by atoms with Crippen molar-refractivity contribution in [2.45, 2.75) is 44.4 Å². The van der Waals surface area contributed by atoms with E-state index in [2.05, 4.69) is 4.72 Å². The molecule has 5 heteroatoms. The summed E-state index contributed by atoms with van der Waals surface area (Å²) >= 11 is 0. The Morgan fingerprint density at radius 2 is 1.86 bits per heavy atom. The molecule has 0 aliphatic heterocycles. The second kappa shape index (κ2) is 6.90. The third kappa shape index (κ3) is 4.05. The maximum atomic E-state index is 12.4. The van der Waals surface area contributed by atoms with Gasteiger partial charge in [-0.15, -0.1) is 0 Å². The molecule has 1 fully saturated rings. The first-order chi connectivity index (χ1) is 9.94. The Labute approximate surface area is 127 Å². The summed E-state index contributed by atoms with van der Waals surface area (Å²) in [6, 6.07) is 5.36. The van der Waals surface area contributed by atoms with Crippen molar-refractivity contribution in [2.75, 3.05) is 13.2 Å². The molecule has 4 nitrogen and oxygen atoms in total. The molecule has 2 rings (SSSR count). The van der Waals surface area contributed by atoms with Crippen LogP contribution in [0.3, 0.4) is 0 Å². The van der Waals surface area contributed by atoms with E-state index in [0.29, 0.717) is 11.4 Å². The molecule has 0 saturated heterocycles. The normalized spacial score (nSPS) is 23.2. The fraction of sp³-hybridized carbons (Fsp3) is 0.625. The number of aliphatic hydroxyl groups excluding tert-OH is 1. The molecule has 0 amide bonds. The molecular weight excluding hydrogens is 286 g/mol. The van der Waals surface area contributed by atoms with E-state index >= 15 is 0 Å². The van der Waals surface area contributed by atoms with Crippen LogP contribution in [0.1, 0.15) is 36.8 Å². The van der Waals surface area contributed by atoms with Gasteiger partial charge in [-0.2, -0.15) is 0 Å². The van der Waals surface area contributed by atoms with Crippen molar-refractivity contribution >= 4 is 10.0 Å². The number of aryl methyl sites for hydroxylation is 2. The van der Waals surface area contributed by atoms with Crippen molar-refractivity contribution in [2.24, 2.45) is 11.8 Å². The molecule has 118 valence electrons. The average Bonchev–Trinajstić information content (AvgIpc) is 2.45. The molecule has 21 heavy (non-hydrogen) atoms. The van der Waals surface area contributed by atoms with E-state index < -0.39 is 10.0 Å². The van der Waals surface area contributed by atoms with E-state index in [9.17, 15) is 13.5 Å². The van der Waals surface area contributed by atoms with Gasteiger partial charge in [-0.1, -0.05) is 30.5 Å². The van der Waals surface area contributed by atoms with Gasteiger partial charge in [-0.05, 0) is 50.2 Å². The van der Waals surface area contributed by atoms with Gasteiger partial charge in [0.2, 0.25) is 10.0 Å². The van der Waals surface area contributed by atoms with Crippen molar-refractivity contribution < 1.29 is 13.5 Å². The lowest BCUT2D eigenvalue weighted by Crippen LogP contribution is -2.35. The Hall–Kier alpha value is -0.910. The number of rotatable bonds is 5. The molecular formula is C16H25NO3S. The zero-order chi connectivity index (χ0) is 15.5. The molecule has 0 bridgehead atoms. The van der Waals surface area contributed by atoms with Gasteiger partial charge in [0.15, 0.2) is 0 Å². The lowest BCUT2D eigenvalue weighted by molar-refractivity contribution is 0.136. The van der Waals surface area contributed by atoms with E-state index in [1.165, 1.54) is 0 Å². The van der Waals surface area contributed by atoms with Crippen molar-refractivity contribution in [1.29, 1.82) is 0 Å². The lowest BCUT2D eigenvalue weighted by atomic mass is 9.80. The highest BCUT2D eigenvalue weighted by Crippen LogP contribution is 2.29. The van der Waals surface area contributed by atoms with Crippen molar-refractivity contribution in [1.82, 2.24) is 4.72 Å². The molecule has 1 aromatic rings. The highest BCUT2D eigenvalue weighted by molar-refractivity contribution is 7.89. The standard InChI is InChI=1S/C16H25NO3S/c1-12-7-8-16(13(2)9-12)21(19,20)17-10-14-5-3-4-6-15(14)11-18/h7-9,14-15,17-18H,3-6,10-11H2,1-2H3. The van der Waals surface area contributed by atoms with E-state index in [1.54, 1.807) is 6.07 Å². The molecule has 1 aromatic carbocycles. The first-order valence-electron chi connectivity index (χ1n) is 7.62. The molecule has 2 atom stereocenters. The summed E-state index contributed by atoms with van der Waals surface area (Å²) in [6.07, 6.45) is 4.23. The van der Waals surface area contributed by atoms with Crippen LogP contribution < -0.4 is 4.72 Å². The van der Waals surface area contributed by atoms with Crippen molar-refractivity contribution in [3.8, 4) is 0 Å². The summed E-state index contributed by atoms with van der Waals surface area (Å²) in [6.45, 7) is 4.33. The predicted molar refractivity (Wildman–Crippen MR) is 83.6 cm³/mol. The predicted octanol–water partition coefficient (Wildman–Crippen LogP) is 2.38. The van der Waals surface area contributed by atoms with Gasteiger partial charge in [0, 0.05) is 13.2 Å². The number of hydrogen-bond acceptors (Lipinski definition) is 3. The van der Waals surface area contributed by atoms with Crippen LogP contribution in [0.5, 0.6) is 0 Å². The molecule has 0 radical (unpaired) electrons. The number of aliphatic hydroxyl groups is 1. The molecule has 0 aromatic heterocycles.